The molecule has 0 bridgehead atoms. The maximum absolute atomic E-state index is 12.2. The van der Waals surface area contributed by atoms with Crippen molar-refractivity contribution in [3.63, 3.8) is 0 Å². The lowest BCUT2D eigenvalue weighted by atomic mass is 9.95. The number of nitro groups is 1. The van der Waals surface area contributed by atoms with Gasteiger partial charge in [0.15, 0.2) is 11.3 Å². The number of benzene rings is 1. The van der Waals surface area contributed by atoms with Gasteiger partial charge in [-0.05, 0) is 22.3 Å². The Balaban J connectivity index is 2.58. The van der Waals surface area contributed by atoms with Crippen LogP contribution < -0.4 is 5.73 Å². The van der Waals surface area contributed by atoms with Gasteiger partial charge in [-0.1, -0.05) is 13.8 Å². The van der Waals surface area contributed by atoms with Gasteiger partial charge in [0, 0.05) is 6.07 Å². The number of hydrogen-bond donors (Lipinski definition) is 1. The lowest BCUT2D eigenvalue weighted by Gasteiger charge is -2.13. The molecule has 8 heteroatoms. The lowest BCUT2D eigenvalue weighted by molar-refractivity contribution is -0.383. The van der Waals surface area contributed by atoms with Crippen molar-refractivity contribution >= 4 is 22.5 Å². The molecule has 1 heterocycles. The minimum atomic E-state index is -0.707. The van der Waals surface area contributed by atoms with Gasteiger partial charge in [0.05, 0.1) is 16.5 Å². The fraction of sp³-hybridized carbons (Fsp3) is 0.364. The van der Waals surface area contributed by atoms with E-state index < -0.39 is 11.0 Å². The summed E-state index contributed by atoms with van der Waals surface area (Å²) < 4.78 is 4.49. The SMILES string of the molecule is CC(C)[C@H](N)C(=O)c1ccc([N+](=O)[O-])c2nonc12. The predicted octanol–water partition coefficient (Wildman–Crippen LogP) is 1.30. The van der Waals surface area contributed by atoms with E-state index in [1.165, 1.54) is 12.1 Å². The van der Waals surface area contributed by atoms with Crippen molar-refractivity contribution in [2.45, 2.75) is 19.9 Å². The fourth-order valence-electron chi connectivity index (χ4n) is 1.68. The molecule has 0 aliphatic rings. The van der Waals surface area contributed by atoms with Crippen molar-refractivity contribution in [2.75, 3.05) is 0 Å². The van der Waals surface area contributed by atoms with Crippen LogP contribution in [0.2, 0.25) is 0 Å². The van der Waals surface area contributed by atoms with Crippen LogP contribution in [0.15, 0.2) is 16.8 Å². The molecule has 0 amide bonds. The van der Waals surface area contributed by atoms with E-state index in [0.29, 0.717) is 0 Å². The predicted molar refractivity (Wildman–Crippen MR) is 65.6 cm³/mol. The highest BCUT2D eigenvalue weighted by Gasteiger charge is 2.26. The third-order valence-corrected chi connectivity index (χ3v) is 2.88. The van der Waals surface area contributed by atoms with Crippen molar-refractivity contribution in [1.29, 1.82) is 0 Å². The van der Waals surface area contributed by atoms with E-state index in [0.717, 1.165) is 0 Å². The number of nitrogens with zero attached hydrogens (tertiary/aromatic N) is 3. The van der Waals surface area contributed by atoms with Gasteiger partial charge in [0.2, 0.25) is 5.52 Å². The van der Waals surface area contributed by atoms with Crippen LogP contribution >= 0.6 is 0 Å². The van der Waals surface area contributed by atoms with Crippen LogP contribution in [0.3, 0.4) is 0 Å². The third kappa shape index (κ3) is 2.17. The Morgan fingerprint density at radius 2 is 2.00 bits per heavy atom. The van der Waals surface area contributed by atoms with Gasteiger partial charge in [-0.15, -0.1) is 0 Å². The molecule has 2 N–H and O–H groups in total. The van der Waals surface area contributed by atoms with Gasteiger partial charge < -0.3 is 5.73 Å². The molecular weight excluding hydrogens is 252 g/mol. The molecule has 8 nitrogen and oxygen atoms in total. The topological polar surface area (TPSA) is 125 Å². The first-order valence-electron chi connectivity index (χ1n) is 5.63. The summed E-state index contributed by atoms with van der Waals surface area (Å²) in [6.45, 7) is 3.62. The first-order chi connectivity index (χ1) is 8.93. The molecule has 2 rings (SSSR count). The normalized spacial score (nSPS) is 12.8. The highest BCUT2D eigenvalue weighted by molar-refractivity contribution is 6.09. The summed E-state index contributed by atoms with van der Waals surface area (Å²) in [5.41, 5.74) is 5.73. The van der Waals surface area contributed by atoms with E-state index >= 15 is 0 Å². The van der Waals surface area contributed by atoms with E-state index in [1.54, 1.807) is 0 Å². The molecule has 1 aromatic carbocycles. The standard InChI is InChI=1S/C11H12N4O4/c1-5(2)8(12)11(16)6-3-4-7(15(17)18)10-9(6)13-19-14-10/h3-5,8H,12H2,1-2H3/t8-/m0/s1. The molecule has 1 atom stereocenters. The molecule has 0 aliphatic heterocycles. The van der Waals surface area contributed by atoms with E-state index in [9.17, 15) is 14.9 Å². The average Bonchev–Trinajstić information content (AvgIpc) is 2.84. The monoisotopic (exact) mass is 264 g/mol. The minimum Gasteiger partial charge on any atom is -0.321 e. The second kappa shape index (κ2) is 4.73. The van der Waals surface area contributed by atoms with Crippen molar-refractivity contribution in [3.8, 4) is 0 Å². The number of nitrogens with two attached hydrogens (primary N) is 1. The fourth-order valence-corrected chi connectivity index (χ4v) is 1.68. The molecule has 100 valence electrons. The molecule has 19 heavy (non-hydrogen) atoms. The number of carbonyl (C=O) groups is 1. The Labute approximate surface area is 107 Å². The number of hydrogen-bond acceptors (Lipinski definition) is 7. The molecule has 0 fully saturated rings. The Kier molecular flexibility index (Phi) is 3.26. The molecule has 0 spiro atoms. The zero-order chi connectivity index (χ0) is 14.2. The van der Waals surface area contributed by atoms with Gasteiger partial charge >= 0.3 is 5.69 Å². The molecular formula is C11H12N4O4. The number of non-ortho nitro benzene ring substituents is 1. The van der Waals surface area contributed by atoms with Crippen molar-refractivity contribution in [3.05, 3.63) is 27.8 Å². The number of fused-ring (bicyclic) bond motifs is 1. The maximum Gasteiger partial charge on any atom is 0.300 e. The van der Waals surface area contributed by atoms with Crippen LogP contribution in [0.4, 0.5) is 5.69 Å². The van der Waals surface area contributed by atoms with Crippen molar-refractivity contribution < 1.29 is 14.3 Å². The van der Waals surface area contributed by atoms with E-state index in [1.807, 2.05) is 13.8 Å². The highest BCUT2D eigenvalue weighted by atomic mass is 16.6. The van der Waals surface area contributed by atoms with Crippen molar-refractivity contribution in [1.82, 2.24) is 10.3 Å². The lowest BCUT2D eigenvalue weighted by Crippen LogP contribution is -2.35. The van der Waals surface area contributed by atoms with Gasteiger partial charge in [0.25, 0.3) is 0 Å². The molecule has 0 unspecified atom stereocenters. The van der Waals surface area contributed by atoms with Gasteiger partial charge in [0.1, 0.15) is 0 Å². The van der Waals surface area contributed by atoms with E-state index in [-0.39, 0.29) is 34.0 Å². The summed E-state index contributed by atoms with van der Waals surface area (Å²) in [6.07, 6.45) is 0. The molecule has 0 saturated heterocycles. The zero-order valence-corrected chi connectivity index (χ0v) is 10.4. The number of aromatic nitrogens is 2. The summed E-state index contributed by atoms with van der Waals surface area (Å²) in [4.78, 5) is 22.4. The Morgan fingerprint density at radius 1 is 1.37 bits per heavy atom. The van der Waals surface area contributed by atoms with Gasteiger partial charge in [-0.25, -0.2) is 4.63 Å². The Bertz CT molecular complexity index is 649. The number of Topliss-reactive ketones (excluding diaryl/α,β-unsaturated/α-hetero) is 1. The first kappa shape index (κ1) is 13.1. The second-order valence-electron chi connectivity index (χ2n) is 4.48. The molecule has 1 aromatic heterocycles. The summed E-state index contributed by atoms with van der Waals surface area (Å²) in [6, 6.07) is 1.82. The Hall–Kier alpha value is -2.35. The summed E-state index contributed by atoms with van der Waals surface area (Å²) >= 11 is 0. The summed E-state index contributed by atoms with van der Waals surface area (Å²) in [7, 11) is 0. The zero-order valence-electron chi connectivity index (χ0n) is 10.4. The highest BCUT2D eigenvalue weighted by Crippen LogP contribution is 2.26. The second-order valence-corrected chi connectivity index (χ2v) is 4.48. The largest absolute Gasteiger partial charge is 0.321 e. The molecule has 2 aromatic rings. The molecule has 0 saturated carbocycles. The third-order valence-electron chi connectivity index (χ3n) is 2.88. The minimum absolute atomic E-state index is 0.0493. The Morgan fingerprint density at radius 3 is 2.58 bits per heavy atom. The van der Waals surface area contributed by atoms with E-state index in [2.05, 4.69) is 14.9 Å². The number of carbonyl (C=O) groups excluding carboxylic acids is 1. The average molecular weight is 264 g/mol. The van der Waals surface area contributed by atoms with Crippen LogP contribution in [-0.4, -0.2) is 27.1 Å². The van der Waals surface area contributed by atoms with Crippen LogP contribution in [0.1, 0.15) is 24.2 Å². The van der Waals surface area contributed by atoms with Crippen LogP contribution in [-0.2, 0) is 0 Å². The van der Waals surface area contributed by atoms with Crippen LogP contribution in [0.5, 0.6) is 0 Å². The summed E-state index contributed by atoms with van der Waals surface area (Å²) in [5, 5.41) is 17.8. The number of ketones is 1. The maximum atomic E-state index is 12.2. The summed E-state index contributed by atoms with van der Waals surface area (Å²) in [5.74, 6) is -0.400. The molecule has 0 aliphatic carbocycles. The van der Waals surface area contributed by atoms with Crippen LogP contribution in [0, 0.1) is 16.0 Å². The number of nitro benzene ring substituents is 1. The smallest absolute Gasteiger partial charge is 0.300 e. The van der Waals surface area contributed by atoms with Crippen LogP contribution in [0.25, 0.3) is 11.0 Å². The van der Waals surface area contributed by atoms with Crippen molar-refractivity contribution in [2.24, 2.45) is 11.7 Å². The quantitative estimate of drug-likeness (QED) is 0.501. The first-order valence-corrected chi connectivity index (χ1v) is 5.63. The molecule has 0 radical (unpaired) electrons. The van der Waals surface area contributed by atoms with E-state index in [4.69, 9.17) is 5.73 Å². The van der Waals surface area contributed by atoms with Gasteiger partial charge in [-0.2, -0.15) is 0 Å². The number of rotatable bonds is 4. The van der Waals surface area contributed by atoms with Gasteiger partial charge in [-0.3, -0.25) is 14.9 Å².